The molecular weight excluding hydrogens is 532 g/mol. The molecule has 0 aliphatic carbocycles. The van der Waals surface area contributed by atoms with Crippen molar-refractivity contribution in [3.05, 3.63) is 158 Å². The monoisotopic (exact) mass is 558 g/mol. The SMILES string of the molecule is c1ccc2c(c1)ccc1c3ccccc3c(-c3ccc(-c4c5ccccc5c(-c5ccncc5)c5ccccc45)cn3)cc21. The molecule has 0 saturated carbocycles. The van der Waals surface area contributed by atoms with Gasteiger partial charge in [0.15, 0.2) is 0 Å². The minimum atomic E-state index is 0.974. The Bertz CT molecular complexity index is 2470. The second-order valence-electron chi connectivity index (χ2n) is 11.4. The van der Waals surface area contributed by atoms with Crippen LogP contribution in [0, 0.1) is 0 Å². The van der Waals surface area contributed by atoms with E-state index in [9.17, 15) is 0 Å². The Kier molecular flexibility index (Phi) is 5.54. The van der Waals surface area contributed by atoms with E-state index in [0.29, 0.717) is 0 Å². The van der Waals surface area contributed by atoms with Crippen molar-refractivity contribution in [3.63, 3.8) is 0 Å². The first kappa shape index (κ1) is 24.7. The number of fused-ring (bicyclic) bond motifs is 7. The van der Waals surface area contributed by atoms with E-state index in [-0.39, 0.29) is 0 Å². The fraction of sp³-hybridized carbons (Fsp3) is 0. The zero-order chi connectivity index (χ0) is 29.0. The van der Waals surface area contributed by atoms with Gasteiger partial charge in [0.05, 0.1) is 5.69 Å². The lowest BCUT2D eigenvalue weighted by Gasteiger charge is -2.17. The number of benzene rings is 7. The molecule has 0 saturated heterocycles. The molecule has 0 amide bonds. The molecule has 0 atom stereocenters. The Labute approximate surface area is 254 Å². The van der Waals surface area contributed by atoms with E-state index in [1.54, 1.807) is 0 Å². The maximum atomic E-state index is 5.15. The zero-order valence-corrected chi connectivity index (χ0v) is 23.9. The predicted molar refractivity (Wildman–Crippen MR) is 186 cm³/mol. The van der Waals surface area contributed by atoms with Gasteiger partial charge in [-0.25, -0.2) is 0 Å². The number of hydrogen-bond donors (Lipinski definition) is 0. The fourth-order valence-electron chi connectivity index (χ4n) is 7.04. The Morgan fingerprint density at radius 2 is 0.909 bits per heavy atom. The van der Waals surface area contributed by atoms with Crippen LogP contribution in [0.3, 0.4) is 0 Å². The highest BCUT2D eigenvalue weighted by atomic mass is 14.7. The van der Waals surface area contributed by atoms with Gasteiger partial charge in [-0.05, 0) is 94.8 Å². The predicted octanol–water partition coefficient (Wildman–Crippen LogP) is 11.2. The summed E-state index contributed by atoms with van der Waals surface area (Å²) in [6.45, 7) is 0. The first-order valence-corrected chi connectivity index (χ1v) is 15.0. The largest absolute Gasteiger partial charge is 0.265 e. The number of nitrogens with zero attached hydrogens (tertiary/aromatic N) is 2. The van der Waals surface area contributed by atoms with E-state index in [4.69, 9.17) is 4.98 Å². The van der Waals surface area contributed by atoms with Gasteiger partial charge in [0.25, 0.3) is 0 Å². The first-order valence-electron chi connectivity index (χ1n) is 15.0. The summed E-state index contributed by atoms with van der Waals surface area (Å²) in [4.78, 5) is 9.42. The van der Waals surface area contributed by atoms with Crippen LogP contribution < -0.4 is 0 Å². The smallest absolute Gasteiger partial charge is 0.0708 e. The van der Waals surface area contributed by atoms with Crippen molar-refractivity contribution in [2.24, 2.45) is 0 Å². The number of pyridine rings is 2. The molecule has 0 bridgehead atoms. The van der Waals surface area contributed by atoms with Crippen molar-refractivity contribution in [1.82, 2.24) is 9.97 Å². The van der Waals surface area contributed by atoms with Crippen LogP contribution in [0.2, 0.25) is 0 Å². The molecule has 0 aliphatic rings. The lowest BCUT2D eigenvalue weighted by Crippen LogP contribution is -1.92. The van der Waals surface area contributed by atoms with Gasteiger partial charge in [0.1, 0.15) is 0 Å². The van der Waals surface area contributed by atoms with Crippen molar-refractivity contribution in [2.75, 3.05) is 0 Å². The summed E-state index contributed by atoms with van der Waals surface area (Å²) in [5.41, 5.74) is 6.85. The summed E-state index contributed by atoms with van der Waals surface area (Å²) < 4.78 is 0. The molecule has 7 aromatic carbocycles. The van der Waals surface area contributed by atoms with Gasteiger partial charge < -0.3 is 0 Å². The van der Waals surface area contributed by atoms with Crippen molar-refractivity contribution in [3.8, 4) is 33.5 Å². The Morgan fingerprint density at radius 3 is 1.55 bits per heavy atom. The summed E-state index contributed by atoms with van der Waals surface area (Å²) >= 11 is 0. The van der Waals surface area contributed by atoms with Gasteiger partial charge in [-0.1, -0.05) is 115 Å². The third-order valence-electron chi connectivity index (χ3n) is 9.00. The van der Waals surface area contributed by atoms with Gasteiger partial charge in [-0.3, -0.25) is 9.97 Å². The number of rotatable bonds is 3. The van der Waals surface area contributed by atoms with Gasteiger partial charge >= 0.3 is 0 Å². The van der Waals surface area contributed by atoms with E-state index >= 15 is 0 Å². The maximum absolute atomic E-state index is 5.15. The van der Waals surface area contributed by atoms with Gasteiger partial charge in [-0.2, -0.15) is 0 Å². The molecule has 9 rings (SSSR count). The van der Waals surface area contributed by atoms with E-state index in [0.717, 1.165) is 16.8 Å². The summed E-state index contributed by atoms with van der Waals surface area (Å²) in [7, 11) is 0. The molecule has 44 heavy (non-hydrogen) atoms. The molecule has 0 radical (unpaired) electrons. The summed E-state index contributed by atoms with van der Waals surface area (Å²) in [5.74, 6) is 0. The molecule has 2 nitrogen and oxygen atoms in total. The van der Waals surface area contributed by atoms with Crippen molar-refractivity contribution in [2.45, 2.75) is 0 Å². The maximum Gasteiger partial charge on any atom is 0.0708 e. The quantitative estimate of drug-likeness (QED) is 0.159. The lowest BCUT2D eigenvalue weighted by molar-refractivity contribution is 1.33. The van der Waals surface area contributed by atoms with Gasteiger partial charge in [-0.15, -0.1) is 0 Å². The number of hydrogen-bond acceptors (Lipinski definition) is 2. The van der Waals surface area contributed by atoms with E-state index < -0.39 is 0 Å². The third-order valence-corrected chi connectivity index (χ3v) is 9.00. The summed E-state index contributed by atoms with van der Waals surface area (Å²) in [6, 6.07) is 50.2. The van der Waals surface area contributed by atoms with Crippen LogP contribution in [0.15, 0.2) is 158 Å². The summed E-state index contributed by atoms with van der Waals surface area (Å²) in [5, 5.41) is 12.4. The third kappa shape index (κ3) is 3.75. The molecule has 0 aliphatic heterocycles. The molecule has 0 fully saturated rings. The molecule has 2 heterocycles. The van der Waals surface area contributed by atoms with E-state index in [1.165, 1.54) is 70.6 Å². The molecular formula is C42H26N2. The zero-order valence-electron chi connectivity index (χ0n) is 23.9. The highest BCUT2D eigenvalue weighted by Crippen LogP contribution is 2.44. The first-order chi connectivity index (χ1) is 21.8. The highest BCUT2D eigenvalue weighted by Gasteiger charge is 2.17. The number of aromatic nitrogens is 2. The average molecular weight is 559 g/mol. The second kappa shape index (κ2) is 9.86. The lowest BCUT2D eigenvalue weighted by atomic mass is 9.86. The molecule has 2 heteroatoms. The van der Waals surface area contributed by atoms with E-state index in [2.05, 4.69) is 151 Å². The van der Waals surface area contributed by atoms with Crippen LogP contribution in [-0.4, -0.2) is 9.97 Å². The average Bonchev–Trinajstić information content (AvgIpc) is 3.10. The van der Waals surface area contributed by atoms with Crippen LogP contribution in [0.4, 0.5) is 0 Å². The van der Waals surface area contributed by atoms with Crippen LogP contribution in [-0.2, 0) is 0 Å². The fourth-order valence-corrected chi connectivity index (χ4v) is 7.04. The Balaban J connectivity index is 1.28. The van der Waals surface area contributed by atoms with Crippen LogP contribution in [0.5, 0.6) is 0 Å². The minimum Gasteiger partial charge on any atom is -0.265 e. The van der Waals surface area contributed by atoms with Gasteiger partial charge in [0, 0.05) is 29.7 Å². The molecule has 0 spiro atoms. The normalized spacial score (nSPS) is 11.6. The van der Waals surface area contributed by atoms with Crippen molar-refractivity contribution < 1.29 is 0 Å². The van der Waals surface area contributed by atoms with Gasteiger partial charge in [0.2, 0.25) is 0 Å². The van der Waals surface area contributed by atoms with E-state index in [1.807, 2.05) is 12.4 Å². The molecule has 2 aromatic heterocycles. The van der Waals surface area contributed by atoms with Crippen LogP contribution in [0.25, 0.3) is 87.4 Å². The summed E-state index contributed by atoms with van der Waals surface area (Å²) in [6.07, 6.45) is 5.79. The second-order valence-corrected chi connectivity index (χ2v) is 11.4. The minimum absolute atomic E-state index is 0.974. The standard InChI is InChI=1S/C42H26N2/c1-2-10-30-27(9-1)17-19-33-31-11-3-4-12-32(31)39(25-38(30)33)40-20-18-29(26-44-40)42-36-15-7-5-13-34(36)41(28-21-23-43-24-22-28)35-14-6-8-16-37(35)42/h1-26H. The molecule has 9 aromatic rings. The Hall–Kier alpha value is -5.86. The van der Waals surface area contributed by atoms with Crippen LogP contribution in [0.1, 0.15) is 0 Å². The molecule has 204 valence electrons. The van der Waals surface area contributed by atoms with Crippen molar-refractivity contribution in [1.29, 1.82) is 0 Å². The highest BCUT2D eigenvalue weighted by molar-refractivity contribution is 6.22. The Morgan fingerprint density at radius 1 is 0.364 bits per heavy atom. The van der Waals surface area contributed by atoms with Crippen LogP contribution >= 0.6 is 0 Å². The van der Waals surface area contributed by atoms with Crippen molar-refractivity contribution >= 4 is 53.9 Å². The molecule has 0 N–H and O–H groups in total. The topological polar surface area (TPSA) is 25.8 Å². The molecule has 0 unspecified atom stereocenters.